The molecule has 0 radical (unpaired) electrons. The van der Waals surface area contributed by atoms with Gasteiger partial charge < -0.3 is 5.32 Å². The first-order valence-corrected chi connectivity index (χ1v) is 7.92. The molecule has 6 heteroatoms. The van der Waals surface area contributed by atoms with Crippen molar-refractivity contribution in [2.45, 2.75) is 19.5 Å². The van der Waals surface area contributed by atoms with E-state index in [4.69, 9.17) is 0 Å². The van der Waals surface area contributed by atoms with Gasteiger partial charge in [0.05, 0.1) is 11.9 Å². The minimum absolute atomic E-state index is 0.0944. The summed E-state index contributed by atoms with van der Waals surface area (Å²) >= 11 is 1.46. The molecule has 4 nitrogen and oxygen atoms in total. The molecule has 0 aliphatic heterocycles. The van der Waals surface area contributed by atoms with Crippen LogP contribution in [-0.2, 0) is 13.6 Å². The molecular formula is C16H17FN4S. The summed E-state index contributed by atoms with van der Waals surface area (Å²) in [5.41, 5.74) is 2.60. The second-order valence-corrected chi connectivity index (χ2v) is 6.04. The normalized spacial score (nSPS) is 12.5. The highest BCUT2D eigenvalue weighted by atomic mass is 32.1. The first kappa shape index (κ1) is 14.9. The maximum absolute atomic E-state index is 13.8. The van der Waals surface area contributed by atoms with Crippen LogP contribution in [-0.4, -0.2) is 14.8 Å². The Bertz CT molecular complexity index is 765. The molecule has 0 aliphatic carbocycles. The standard InChI is InChI=1S/C16H17FN4S/c1-11(18-7-12-8-19-21(2)9-12)15-10-22-16(20-15)13-5-3-4-6-14(13)17/h3-6,8-11,18H,7H2,1-2H3. The molecule has 2 aromatic heterocycles. The molecule has 1 unspecified atom stereocenters. The lowest BCUT2D eigenvalue weighted by Gasteiger charge is -2.10. The van der Waals surface area contributed by atoms with Crippen molar-refractivity contribution in [3.05, 3.63) is 59.1 Å². The van der Waals surface area contributed by atoms with Crippen LogP contribution in [0.3, 0.4) is 0 Å². The molecule has 0 saturated heterocycles. The molecule has 2 heterocycles. The van der Waals surface area contributed by atoms with E-state index >= 15 is 0 Å². The number of nitrogens with zero attached hydrogens (tertiary/aromatic N) is 3. The van der Waals surface area contributed by atoms with Gasteiger partial charge in [-0.25, -0.2) is 9.37 Å². The summed E-state index contributed by atoms with van der Waals surface area (Å²) in [5.74, 6) is -0.237. The van der Waals surface area contributed by atoms with Crippen LogP contribution in [0.15, 0.2) is 42.0 Å². The molecule has 0 spiro atoms. The molecule has 1 atom stereocenters. The van der Waals surface area contributed by atoms with E-state index in [1.54, 1.807) is 16.8 Å². The summed E-state index contributed by atoms with van der Waals surface area (Å²) < 4.78 is 15.6. The number of halogens is 1. The Labute approximate surface area is 132 Å². The number of hydrogen-bond donors (Lipinski definition) is 1. The molecule has 114 valence electrons. The fraction of sp³-hybridized carbons (Fsp3) is 0.250. The van der Waals surface area contributed by atoms with E-state index in [-0.39, 0.29) is 11.9 Å². The number of benzene rings is 1. The third kappa shape index (κ3) is 3.23. The van der Waals surface area contributed by atoms with Gasteiger partial charge in [0, 0.05) is 42.3 Å². The van der Waals surface area contributed by atoms with Crippen molar-refractivity contribution in [2.75, 3.05) is 0 Å². The van der Waals surface area contributed by atoms with Crippen LogP contribution >= 0.6 is 11.3 Å². The van der Waals surface area contributed by atoms with Crippen LogP contribution in [0.5, 0.6) is 0 Å². The molecule has 3 rings (SSSR count). The summed E-state index contributed by atoms with van der Waals surface area (Å²) in [5, 5.41) is 10.2. The number of aromatic nitrogens is 3. The molecule has 0 fully saturated rings. The minimum atomic E-state index is -0.237. The highest BCUT2D eigenvalue weighted by Gasteiger charge is 2.13. The van der Waals surface area contributed by atoms with Crippen molar-refractivity contribution in [1.29, 1.82) is 0 Å². The first-order chi connectivity index (χ1) is 10.6. The lowest BCUT2D eigenvalue weighted by Crippen LogP contribution is -2.18. The number of rotatable bonds is 5. The zero-order valence-corrected chi connectivity index (χ0v) is 13.3. The number of hydrogen-bond acceptors (Lipinski definition) is 4. The molecule has 1 aromatic carbocycles. The Morgan fingerprint density at radius 3 is 2.91 bits per heavy atom. The Morgan fingerprint density at radius 1 is 1.36 bits per heavy atom. The molecule has 1 N–H and O–H groups in total. The van der Waals surface area contributed by atoms with Crippen LogP contribution in [0.1, 0.15) is 24.2 Å². The van der Waals surface area contributed by atoms with Crippen molar-refractivity contribution in [3.8, 4) is 10.6 Å². The number of nitrogens with one attached hydrogen (secondary N) is 1. The smallest absolute Gasteiger partial charge is 0.133 e. The summed E-state index contributed by atoms with van der Waals surface area (Å²) in [6.45, 7) is 2.78. The van der Waals surface area contributed by atoms with Crippen LogP contribution in [0.4, 0.5) is 4.39 Å². The van der Waals surface area contributed by atoms with Gasteiger partial charge in [-0.05, 0) is 19.1 Å². The topological polar surface area (TPSA) is 42.7 Å². The van der Waals surface area contributed by atoms with Crippen molar-refractivity contribution in [2.24, 2.45) is 7.05 Å². The summed E-state index contributed by atoms with van der Waals surface area (Å²) in [6.07, 6.45) is 3.82. The van der Waals surface area contributed by atoms with E-state index < -0.39 is 0 Å². The quantitative estimate of drug-likeness (QED) is 0.783. The number of thiazole rings is 1. The van der Waals surface area contributed by atoms with Crippen molar-refractivity contribution in [3.63, 3.8) is 0 Å². The highest BCUT2D eigenvalue weighted by molar-refractivity contribution is 7.13. The van der Waals surface area contributed by atoms with Gasteiger partial charge in [-0.2, -0.15) is 5.10 Å². The molecule has 0 bridgehead atoms. The predicted octanol–water partition coefficient (Wildman–Crippen LogP) is 3.53. The van der Waals surface area contributed by atoms with E-state index in [0.717, 1.165) is 17.8 Å². The van der Waals surface area contributed by atoms with Gasteiger partial charge in [0.15, 0.2) is 0 Å². The van der Waals surface area contributed by atoms with Gasteiger partial charge in [-0.15, -0.1) is 11.3 Å². The summed E-state index contributed by atoms with van der Waals surface area (Å²) in [4.78, 5) is 4.55. The van der Waals surface area contributed by atoms with E-state index in [1.807, 2.05) is 30.9 Å². The summed E-state index contributed by atoms with van der Waals surface area (Å²) in [7, 11) is 1.90. The van der Waals surface area contributed by atoms with Gasteiger partial charge in [0.25, 0.3) is 0 Å². The van der Waals surface area contributed by atoms with Crippen molar-refractivity contribution >= 4 is 11.3 Å². The van der Waals surface area contributed by atoms with Gasteiger partial charge in [-0.3, -0.25) is 4.68 Å². The Balaban J connectivity index is 1.69. The van der Waals surface area contributed by atoms with Crippen LogP contribution in [0.2, 0.25) is 0 Å². The predicted molar refractivity (Wildman–Crippen MR) is 86.0 cm³/mol. The fourth-order valence-corrected chi connectivity index (χ4v) is 3.12. The highest BCUT2D eigenvalue weighted by Crippen LogP contribution is 2.28. The molecule has 22 heavy (non-hydrogen) atoms. The lowest BCUT2D eigenvalue weighted by molar-refractivity contribution is 0.564. The molecule has 0 amide bonds. The van der Waals surface area contributed by atoms with E-state index in [0.29, 0.717) is 10.6 Å². The monoisotopic (exact) mass is 316 g/mol. The maximum atomic E-state index is 13.8. The van der Waals surface area contributed by atoms with E-state index in [1.165, 1.54) is 17.4 Å². The van der Waals surface area contributed by atoms with Gasteiger partial charge in [0.1, 0.15) is 10.8 Å². The van der Waals surface area contributed by atoms with Gasteiger partial charge in [0.2, 0.25) is 0 Å². The second kappa shape index (κ2) is 6.37. The van der Waals surface area contributed by atoms with E-state index in [9.17, 15) is 4.39 Å². The average Bonchev–Trinajstić information content (AvgIpc) is 3.14. The van der Waals surface area contributed by atoms with Crippen LogP contribution < -0.4 is 5.32 Å². The maximum Gasteiger partial charge on any atom is 0.133 e. The zero-order valence-electron chi connectivity index (χ0n) is 12.5. The zero-order chi connectivity index (χ0) is 15.5. The molecule has 0 aliphatic rings. The van der Waals surface area contributed by atoms with Gasteiger partial charge in [-0.1, -0.05) is 12.1 Å². The Morgan fingerprint density at radius 2 is 2.18 bits per heavy atom. The largest absolute Gasteiger partial charge is 0.305 e. The Hall–Kier alpha value is -2.05. The van der Waals surface area contributed by atoms with Crippen LogP contribution in [0.25, 0.3) is 10.6 Å². The third-order valence-corrected chi connectivity index (χ3v) is 4.33. The molecule has 3 aromatic rings. The SMILES string of the molecule is CC(NCc1cnn(C)c1)c1csc(-c2ccccc2F)n1. The minimum Gasteiger partial charge on any atom is -0.305 e. The van der Waals surface area contributed by atoms with Crippen LogP contribution in [0, 0.1) is 5.82 Å². The second-order valence-electron chi connectivity index (χ2n) is 5.18. The summed E-state index contributed by atoms with van der Waals surface area (Å²) in [6, 6.07) is 6.82. The van der Waals surface area contributed by atoms with Crippen molar-refractivity contribution in [1.82, 2.24) is 20.1 Å². The van der Waals surface area contributed by atoms with E-state index in [2.05, 4.69) is 22.3 Å². The molecular weight excluding hydrogens is 299 g/mol. The van der Waals surface area contributed by atoms with Crippen molar-refractivity contribution < 1.29 is 4.39 Å². The van der Waals surface area contributed by atoms with Gasteiger partial charge >= 0.3 is 0 Å². The number of aryl methyl sites for hydroxylation is 1. The lowest BCUT2D eigenvalue weighted by atomic mass is 10.2. The average molecular weight is 316 g/mol. The molecule has 0 saturated carbocycles. The first-order valence-electron chi connectivity index (χ1n) is 7.04. The fourth-order valence-electron chi connectivity index (χ4n) is 2.18. The third-order valence-electron chi connectivity index (χ3n) is 3.44. The Kier molecular flexibility index (Phi) is 4.31.